The maximum absolute atomic E-state index is 12.0. The van der Waals surface area contributed by atoms with Crippen molar-refractivity contribution in [2.75, 3.05) is 12.4 Å². The van der Waals surface area contributed by atoms with Crippen molar-refractivity contribution in [3.05, 3.63) is 40.1 Å². The maximum Gasteiger partial charge on any atom is 0.296 e. The summed E-state index contributed by atoms with van der Waals surface area (Å²) >= 11 is 1.12. The number of ether oxygens (including phenoxy) is 1. The molecule has 3 aromatic rings. The molecule has 0 aliphatic rings. The predicted molar refractivity (Wildman–Crippen MR) is 77.3 cm³/mol. The van der Waals surface area contributed by atoms with Crippen molar-refractivity contribution < 1.29 is 19.0 Å². The molecule has 3 rings (SSSR count). The van der Waals surface area contributed by atoms with Crippen LogP contribution in [0.2, 0.25) is 0 Å². The van der Waals surface area contributed by atoms with Crippen molar-refractivity contribution >= 4 is 38.3 Å². The van der Waals surface area contributed by atoms with Crippen molar-refractivity contribution in [2.24, 2.45) is 0 Å². The molecule has 1 amide bonds. The first-order valence-electron chi connectivity index (χ1n) is 5.94. The van der Waals surface area contributed by atoms with E-state index >= 15 is 0 Å². The lowest BCUT2D eigenvalue weighted by atomic mass is 10.3. The fourth-order valence-corrected chi connectivity index (χ4v) is 2.60. The molecule has 112 valence electrons. The average molecular weight is 320 g/mol. The number of aromatic nitrogens is 2. The number of thiazole rings is 1. The number of benzene rings is 1. The van der Waals surface area contributed by atoms with Crippen LogP contribution in [-0.2, 0) is 0 Å². The second kappa shape index (κ2) is 5.41. The highest BCUT2D eigenvalue weighted by Crippen LogP contribution is 2.29. The standard InChI is InChI=1S/C12H8N4O5S/c1-20-10-5-8(21-15-10)11(17)14-12-13-7-3-2-6(16(18)19)4-9(7)22-12/h2-5H,1H3,(H,13,14,17). The number of fused-ring (bicyclic) bond motifs is 1. The van der Waals surface area contributed by atoms with Gasteiger partial charge in [0.15, 0.2) is 5.13 Å². The van der Waals surface area contributed by atoms with Gasteiger partial charge in [-0.15, -0.1) is 0 Å². The molecule has 1 N–H and O–H groups in total. The number of hydrogen-bond donors (Lipinski definition) is 1. The monoisotopic (exact) mass is 320 g/mol. The second-order valence-corrected chi connectivity index (χ2v) is 5.15. The highest BCUT2D eigenvalue weighted by Gasteiger charge is 2.16. The summed E-state index contributed by atoms with van der Waals surface area (Å²) in [6, 6.07) is 5.62. The van der Waals surface area contributed by atoms with Crippen molar-refractivity contribution in [3.8, 4) is 5.88 Å². The first-order valence-corrected chi connectivity index (χ1v) is 6.75. The zero-order valence-corrected chi connectivity index (χ0v) is 11.9. The molecular formula is C12H8N4O5S. The number of amides is 1. The lowest BCUT2D eigenvalue weighted by molar-refractivity contribution is -0.384. The van der Waals surface area contributed by atoms with Crippen LogP contribution in [0.25, 0.3) is 10.2 Å². The average Bonchev–Trinajstić information content (AvgIpc) is 3.12. The molecule has 22 heavy (non-hydrogen) atoms. The smallest absolute Gasteiger partial charge is 0.296 e. The third kappa shape index (κ3) is 2.59. The van der Waals surface area contributed by atoms with Crippen molar-refractivity contribution in [3.63, 3.8) is 0 Å². The molecule has 0 radical (unpaired) electrons. The van der Waals surface area contributed by atoms with Gasteiger partial charge in [0.2, 0.25) is 5.76 Å². The molecule has 0 bridgehead atoms. The van der Waals surface area contributed by atoms with E-state index in [4.69, 9.17) is 9.26 Å². The molecule has 0 aliphatic carbocycles. The van der Waals surface area contributed by atoms with Crippen molar-refractivity contribution in [1.82, 2.24) is 10.1 Å². The third-order valence-electron chi connectivity index (χ3n) is 2.72. The summed E-state index contributed by atoms with van der Waals surface area (Å²) in [4.78, 5) is 26.4. The molecule has 2 heterocycles. The summed E-state index contributed by atoms with van der Waals surface area (Å²) in [6.07, 6.45) is 0. The van der Waals surface area contributed by atoms with E-state index in [2.05, 4.69) is 15.5 Å². The van der Waals surface area contributed by atoms with Crippen molar-refractivity contribution in [2.45, 2.75) is 0 Å². The number of rotatable bonds is 4. The Morgan fingerprint density at radius 1 is 1.45 bits per heavy atom. The number of methoxy groups -OCH3 is 1. The minimum atomic E-state index is -0.538. The number of nitrogens with one attached hydrogen (secondary N) is 1. The van der Waals surface area contributed by atoms with E-state index in [0.29, 0.717) is 15.3 Å². The van der Waals surface area contributed by atoms with Gasteiger partial charge in [0.05, 0.1) is 28.3 Å². The highest BCUT2D eigenvalue weighted by atomic mass is 32.1. The normalized spacial score (nSPS) is 10.6. The Labute approximate surface area is 126 Å². The largest absolute Gasteiger partial charge is 0.479 e. The molecule has 0 unspecified atom stereocenters. The van der Waals surface area contributed by atoms with Gasteiger partial charge in [-0.2, -0.15) is 0 Å². The van der Waals surface area contributed by atoms with Gasteiger partial charge in [-0.1, -0.05) is 11.3 Å². The molecule has 10 heteroatoms. The first-order chi connectivity index (χ1) is 10.6. The fraction of sp³-hybridized carbons (Fsp3) is 0.0833. The van der Waals surface area contributed by atoms with Crippen LogP contribution in [-0.4, -0.2) is 28.1 Å². The van der Waals surface area contributed by atoms with Gasteiger partial charge >= 0.3 is 0 Å². The van der Waals surface area contributed by atoms with Crippen LogP contribution in [0, 0.1) is 10.1 Å². The van der Waals surface area contributed by atoms with Crippen LogP contribution >= 0.6 is 11.3 Å². The van der Waals surface area contributed by atoms with Crippen LogP contribution in [0.1, 0.15) is 10.6 Å². The Morgan fingerprint density at radius 3 is 2.95 bits per heavy atom. The van der Waals surface area contributed by atoms with Gasteiger partial charge < -0.3 is 9.26 Å². The Kier molecular flexibility index (Phi) is 3.43. The SMILES string of the molecule is COc1cc(C(=O)Nc2nc3ccc([N+](=O)[O-])cc3s2)on1. The molecule has 0 spiro atoms. The van der Waals surface area contributed by atoms with E-state index in [9.17, 15) is 14.9 Å². The van der Waals surface area contributed by atoms with E-state index in [1.54, 1.807) is 0 Å². The lowest BCUT2D eigenvalue weighted by Gasteiger charge is -1.95. The number of hydrogen-bond acceptors (Lipinski definition) is 8. The summed E-state index contributed by atoms with van der Waals surface area (Å²) in [6.45, 7) is 0. The van der Waals surface area contributed by atoms with Crippen LogP contribution in [0.4, 0.5) is 10.8 Å². The Hall–Kier alpha value is -3.01. The molecule has 0 fully saturated rings. The number of nitro groups is 1. The summed E-state index contributed by atoms with van der Waals surface area (Å²) in [5, 5.41) is 17.1. The number of nitro benzene ring substituents is 1. The number of carbonyl (C=O) groups is 1. The topological polar surface area (TPSA) is 120 Å². The Morgan fingerprint density at radius 2 is 2.27 bits per heavy atom. The second-order valence-electron chi connectivity index (χ2n) is 4.12. The summed E-state index contributed by atoms with van der Waals surface area (Å²) < 4.78 is 10.2. The minimum absolute atomic E-state index is 0.0258. The van der Waals surface area contributed by atoms with Crippen LogP contribution < -0.4 is 10.1 Å². The number of anilines is 1. The lowest BCUT2D eigenvalue weighted by Crippen LogP contribution is -2.10. The fourth-order valence-electron chi connectivity index (χ4n) is 1.70. The summed E-state index contributed by atoms with van der Waals surface area (Å²) in [7, 11) is 1.40. The van der Waals surface area contributed by atoms with E-state index in [-0.39, 0.29) is 17.3 Å². The number of nitrogens with zero attached hydrogens (tertiary/aromatic N) is 3. The molecule has 2 aromatic heterocycles. The molecule has 1 aromatic carbocycles. The van der Waals surface area contributed by atoms with Gasteiger partial charge in [-0.3, -0.25) is 20.2 Å². The molecule has 9 nitrogen and oxygen atoms in total. The van der Waals surface area contributed by atoms with Gasteiger partial charge in [-0.05, 0) is 11.2 Å². The van der Waals surface area contributed by atoms with Crippen molar-refractivity contribution in [1.29, 1.82) is 0 Å². The van der Waals surface area contributed by atoms with Gasteiger partial charge in [0, 0.05) is 12.1 Å². The van der Waals surface area contributed by atoms with Gasteiger partial charge in [0.25, 0.3) is 17.5 Å². The van der Waals surface area contributed by atoms with E-state index in [1.165, 1.54) is 31.4 Å². The molecule has 0 atom stereocenters. The summed E-state index contributed by atoms with van der Waals surface area (Å²) in [5.74, 6) is -0.378. The highest BCUT2D eigenvalue weighted by molar-refractivity contribution is 7.22. The first kappa shape index (κ1) is 13.9. The van der Waals surface area contributed by atoms with E-state index in [1.807, 2.05) is 0 Å². The number of non-ortho nitro benzene ring substituents is 1. The van der Waals surface area contributed by atoms with Crippen LogP contribution in [0.5, 0.6) is 5.88 Å². The minimum Gasteiger partial charge on any atom is -0.479 e. The molecule has 0 aliphatic heterocycles. The zero-order valence-electron chi connectivity index (χ0n) is 11.1. The third-order valence-corrected chi connectivity index (χ3v) is 3.66. The van der Waals surface area contributed by atoms with Gasteiger partial charge in [-0.25, -0.2) is 4.98 Å². The Bertz CT molecular complexity index is 871. The van der Waals surface area contributed by atoms with Crippen LogP contribution in [0.3, 0.4) is 0 Å². The maximum atomic E-state index is 12.0. The molecule has 0 saturated heterocycles. The molecule has 0 saturated carbocycles. The quantitative estimate of drug-likeness (QED) is 0.579. The Balaban J connectivity index is 1.84. The predicted octanol–water partition coefficient (Wildman–Crippen LogP) is 2.45. The zero-order chi connectivity index (χ0) is 15.7. The van der Waals surface area contributed by atoms with E-state index < -0.39 is 10.8 Å². The summed E-state index contributed by atoms with van der Waals surface area (Å²) in [5.41, 5.74) is 0.523. The van der Waals surface area contributed by atoms with Crippen LogP contribution in [0.15, 0.2) is 28.8 Å². The van der Waals surface area contributed by atoms with E-state index in [0.717, 1.165) is 11.3 Å². The number of carbonyl (C=O) groups excluding carboxylic acids is 1. The van der Waals surface area contributed by atoms with Gasteiger partial charge in [0.1, 0.15) is 0 Å². The molecular weight excluding hydrogens is 312 g/mol.